The Balaban J connectivity index is 1.80. The zero-order valence-corrected chi connectivity index (χ0v) is 17.8. The van der Waals surface area contributed by atoms with E-state index in [1.807, 2.05) is 41.5 Å². The third kappa shape index (κ3) is 5.41. The summed E-state index contributed by atoms with van der Waals surface area (Å²) in [5, 5.41) is 7.00. The Labute approximate surface area is 174 Å². The fourth-order valence-corrected chi connectivity index (χ4v) is 3.95. The summed E-state index contributed by atoms with van der Waals surface area (Å²) in [6.45, 7) is 4.56. The van der Waals surface area contributed by atoms with E-state index in [-0.39, 0.29) is 5.56 Å². The van der Waals surface area contributed by atoms with Gasteiger partial charge in [-0.05, 0) is 60.1 Å². The smallest absolute Gasteiger partial charge is 0.253 e. The first-order valence-electron chi connectivity index (χ1n) is 9.23. The van der Waals surface area contributed by atoms with Gasteiger partial charge in [0.2, 0.25) is 0 Å². The molecular formula is C21H25N3O2S2. The van der Waals surface area contributed by atoms with Gasteiger partial charge in [-0.2, -0.15) is 0 Å². The van der Waals surface area contributed by atoms with Crippen molar-refractivity contribution in [3.05, 3.63) is 68.1 Å². The average molecular weight is 416 g/mol. The largest absolute Gasteiger partial charge is 0.385 e. The molecule has 0 fully saturated rings. The van der Waals surface area contributed by atoms with E-state index in [9.17, 15) is 4.79 Å². The number of hydrogen-bond acceptors (Lipinski definition) is 4. The highest BCUT2D eigenvalue weighted by atomic mass is 32.1. The topological polar surface area (TPSA) is 57.4 Å². The van der Waals surface area contributed by atoms with Crippen molar-refractivity contribution in [2.45, 2.75) is 26.4 Å². The van der Waals surface area contributed by atoms with E-state index in [4.69, 9.17) is 17.0 Å². The molecule has 148 valence electrons. The summed E-state index contributed by atoms with van der Waals surface area (Å²) >= 11 is 7.30. The molecule has 5 nitrogen and oxygen atoms in total. The van der Waals surface area contributed by atoms with Crippen molar-refractivity contribution in [3.8, 4) is 0 Å². The summed E-state index contributed by atoms with van der Waals surface area (Å²) < 4.78 is 5.09. The van der Waals surface area contributed by atoms with Gasteiger partial charge in [-0.1, -0.05) is 18.2 Å². The van der Waals surface area contributed by atoms with Gasteiger partial charge in [0, 0.05) is 36.2 Å². The zero-order chi connectivity index (χ0) is 19.9. The monoisotopic (exact) mass is 415 g/mol. The number of aryl methyl sites for hydroxylation is 1. The number of hydrogen-bond donors (Lipinski definition) is 2. The van der Waals surface area contributed by atoms with Crippen LogP contribution in [0.25, 0.3) is 10.9 Å². The highest BCUT2D eigenvalue weighted by Crippen LogP contribution is 2.17. The van der Waals surface area contributed by atoms with Gasteiger partial charge in [0.1, 0.15) is 0 Å². The van der Waals surface area contributed by atoms with Gasteiger partial charge < -0.3 is 19.9 Å². The summed E-state index contributed by atoms with van der Waals surface area (Å²) in [4.78, 5) is 18.9. The first-order valence-corrected chi connectivity index (χ1v) is 10.5. The van der Waals surface area contributed by atoms with Crippen LogP contribution >= 0.6 is 23.6 Å². The molecule has 2 N–H and O–H groups in total. The fraction of sp³-hybridized carbons (Fsp3) is 0.333. The molecule has 3 aromatic rings. The van der Waals surface area contributed by atoms with Crippen LogP contribution < -0.4 is 10.9 Å². The van der Waals surface area contributed by atoms with Crippen LogP contribution in [0.1, 0.15) is 22.4 Å². The van der Waals surface area contributed by atoms with Gasteiger partial charge in [-0.25, -0.2) is 0 Å². The number of fused-ring (bicyclic) bond motifs is 1. The normalized spacial score (nSPS) is 10.9. The summed E-state index contributed by atoms with van der Waals surface area (Å²) in [5.74, 6) is 0. The molecule has 0 unspecified atom stereocenters. The lowest BCUT2D eigenvalue weighted by Gasteiger charge is -2.25. The predicted octanol–water partition coefficient (Wildman–Crippen LogP) is 3.81. The molecule has 0 spiro atoms. The maximum atomic E-state index is 12.6. The van der Waals surface area contributed by atoms with Crippen LogP contribution in [0.2, 0.25) is 0 Å². The molecule has 0 atom stereocenters. The SMILES string of the molecule is COCCCNC(=S)N(Cc1cccs1)Cc1cc2ccc(C)cc2[nH]c1=O. The third-order valence-electron chi connectivity index (χ3n) is 4.46. The van der Waals surface area contributed by atoms with E-state index < -0.39 is 0 Å². The number of pyridine rings is 1. The molecule has 2 aromatic heterocycles. The van der Waals surface area contributed by atoms with Crippen molar-refractivity contribution in [1.29, 1.82) is 0 Å². The molecule has 2 heterocycles. The Hall–Kier alpha value is -2.22. The van der Waals surface area contributed by atoms with Crippen molar-refractivity contribution in [2.24, 2.45) is 0 Å². The van der Waals surface area contributed by atoms with E-state index >= 15 is 0 Å². The zero-order valence-electron chi connectivity index (χ0n) is 16.2. The lowest BCUT2D eigenvalue weighted by molar-refractivity contribution is 0.195. The maximum absolute atomic E-state index is 12.6. The minimum Gasteiger partial charge on any atom is -0.385 e. The van der Waals surface area contributed by atoms with Crippen molar-refractivity contribution >= 4 is 39.6 Å². The highest BCUT2D eigenvalue weighted by Gasteiger charge is 2.14. The quantitative estimate of drug-likeness (QED) is 0.433. The first-order chi connectivity index (χ1) is 13.6. The number of thiocarbonyl (C=S) groups is 1. The van der Waals surface area contributed by atoms with Gasteiger partial charge in [-0.15, -0.1) is 11.3 Å². The number of H-pyrrole nitrogens is 1. The number of nitrogens with zero attached hydrogens (tertiary/aromatic N) is 1. The Bertz CT molecular complexity index is 983. The highest BCUT2D eigenvalue weighted by molar-refractivity contribution is 7.80. The van der Waals surface area contributed by atoms with E-state index in [0.717, 1.165) is 29.4 Å². The fourth-order valence-electron chi connectivity index (χ4n) is 3.00. The lowest BCUT2D eigenvalue weighted by Crippen LogP contribution is -2.40. The summed E-state index contributed by atoms with van der Waals surface area (Å²) in [6.07, 6.45) is 0.874. The lowest BCUT2D eigenvalue weighted by atomic mass is 10.1. The molecule has 0 saturated carbocycles. The van der Waals surface area contributed by atoms with Gasteiger partial charge in [0.25, 0.3) is 5.56 Å². The number of nitrogens with one attached hydrogen (secondary N) is 2. The summed E-state index contributed by atoms with van der Waals surface area (Å²) in [7, 11) is 1.69. The second kappa shape index (κ2) is 9.82. The van der Waals surface area contributed by atoms with Crippen molar-refractivity contribution in [1.82, 2.24) is 15.2 Å². The molecule has 0 amide bonds. The molecule has 0 bridgehead atoms. The van der Waals surface area contributed by atoms with Crippen LogP contribution in [0.4, 0.5) is 0 Å². The number of ether oxygens (including phenoxy) is 1. The Morgan fingerprint density at radius 2 is 2.14 bits per heavy atom. The van der Waals surface area contributed by atoms with Gasteiger partial charge in [0.05, 0.1) is 13.1 Å². The number of methoxy groups -OCH3 is 1. The maximum Gasteiger partial charge on any atom is 0.253 e. The first kappa shape index (κ1) is 20.5. The summed E-state index contributed by atoms with van der Waals surface area (Å²) in [5.41, 5.74) is 2.61. The van der Waals surface area contributed by atoms with E-state index in [1.54, 1.807) is 18.4 Å². The molecule has 0 radical (unpaired) electrons. The molecule has 0 aliphatic carbocycles. The van der Waals surface area contributed by atoms with Gasteiger partial charge in [-0.3, -0.25) is 4.79 Å². The van der Waals surface area contributed by atoms with Crippen molar-refractivity contribution in [2.75, 3.05) is 20.3 Å². The number of benzene rings is 1. The second-order valence-corrected chi connectivity index (χ2v) is 8.15. The third-order valence-corrected chi connectivity index (χ3v) is 5.72. The van der Waals surface area contributed by atoms with Crippen molar-refractivity contribution in [3.63, 3.8) is 0 Å². The predicted molar refractivity (Wildman–Crippen MR) is 120 cm³/mol. The minimum absolute atomic E-state index is 0.0727. The van der Waals surface area contributed by atoms with Crippen LogP contribution in [0.3, 0.4) is 0 Å². The average Bonchev–Trinajstić information content (AvgIpc) is 3.18. The Morgan fingerprint density at radius 1 is 1.29 bits per heavy atom. The summed E-state index contributed by atoms with van der Waals surface area (Å²) in [6, 6.07) is 12.1. The van der Waals surface area contributed by atoms with Crippen LogP contribution in [0.15, 0.2) is 46.6 Å². The second-order valence-electron chi connectivity index (χ2n) is 6.73. The number of thiophene rings is 1. The van der Waals surface area contributed by atoms with E-state index in [0.29, 0.717) is 30.4 Å². The molecule has 28 heavy (non-hydrogen) atoms. The van der Waals surface area contributed by atoms with E-state index in [2.05, 4.69) is 22.4 Å². The molecule has 0 saturated heterocycles. The van der Waals surface area contributed by atoms with E-state index in [1.165, 1.54) is 4.88 Å². The molecule has 7 heteroatoms. The Morgan fingerprint density at radius 3 is 2.89 bits per heavy atom. The Kier molecular flexibility index (Phi) is 7.19. The van der Waals surface area contributed by atoms with Gasteiger partial charge in [0.15, 0.2) is 5.11 Å². The van der Waals surface area contributed by atoms with Crippen LogP contribution in [0, 0.1) is 6.92 Å². The molecule has 0 aliphatic heterocycles. The van der Waals surface area contributed by atoms with Crippen LogP contribution in [0.5, 0.6) is 0 Å². The number of rotatable bonds is 8. The number of aromatic nitrogens is 1. The van der Waals surface area contributed by atoms with Crippen LogP contribution in [-0.4, -0.2) is 35.3 Å². The molecule has 1 aromatic carbocycles. The molecular weight excluding hydrogens is 390 g/mol. The minimum atomic E-state index is -0.0727. The van der Waals surface area contributed by atoms with Crippen LogP contribution in [-0.2, 0) is 17.8 Å². The standard InChI is InChI=1S/C21H25N3O2S2/c1-15-6-7-16-12-17(20(25)23-19(16)11-15)13-24(14-18-5-3-10-28-18)21(27)22-8-4-9-26-2/h3,5-7,10-12H,4,8-9,13-14H2,1-2H3,(H,22,27)(H,23,25). The van der Waals surface area contributed by atoms with Gasteiger partial charge >= 0.3 is 0 Å². The molecule has 0 aliphatic rings. The number of aromatic amines is 1. The van der Waals surface area contributed by atoms with Crippen molar-refractivity contribution < 1.29 is 4.74 Å². The molecule has 3 rings (SSSR count).